The van der Waals surface area contributed by atoms with Crippen LogP contribution in [0.3, 0.4) is 0 Å². The zero-order valence-corrected chi connectivity index (χ0v) is 14.0. The molecule has 0 saturated carbocycles. The molecule has 3 nitrogen and oxygen atoms in total. The van der Waals surface area contributed by atoms with E-state index in [0.29, 0.717) is 0 Å². The van der Waals surface area contributed by atoms with Crippen LogP contribution >= 0.6 is 15.9 Å². The van der Waals surface area contributed by atoms with E-state index in [1.54, 1.807) is 0 Å². The van der Waals surface area contributed by atoms with Crippen molar-refractivity contribution in [3.63, 3.8) is 0 Å². The molecule has 0 amide bonds. The van der Waals surface area contributed by atoms with E-state index in [2.05, 4.69) is 75.2 Å². The van der Waals surface area contributed by atoms with E-state index in [9.17, 15) is 0 Å². The van der Waals surface area contributed by atoms with Gasteiger partial charge in [0.1, 0.15) is 0 Å². The Morgan fingerprint density at radius 3 is 2.43 bits per heavy atom. The van der Waals surface area contributed by atoms with Gasteiger partial charge in [0.25, 0.3) is 0 Å². The maximum absolute atomic E-state index is 5.96. The van der Waals surface area contributed by atoms with E-state index >= 15 is 0 Å². The van der Waals surface area contributed by atoms with Gasteiger partial charge in [-0.05, 0) is 52.7 Å². The van der Waals surface area contributed by atoms with Crippen molar-refractivity contribution in [2.75, 3.05) is 29.9 Å². The van der Waals surface area contributed by atoms with Crippen molar-refractivity contribution >= 4 is 33.0 Å². The largest absolute Gasteiger partial charge is 0.371 e. The van der Waals surface area contributed by atoms with Crippen molar-refractivity contribution in [3.05, 3.63) is 52.5 Å². The van der Waals surface area contributed by atoms with Gasteiger partial charge in [0.05, 0.1) is 17.1 Å². The molecule has 2 aromatic carbocycles. The third-order valence-electron chi connectivity index (χ3n) is 4.03. The molecular formula is C17H20BrN3. The lowest BCUT2D eigenvalue weighted by Crippen LogP contribution is -2.36. The molecule has 1 aliphatic rings. The molecule has 1 heterocycles. The number of hydrogen-bond acceptors (Lipinski definition) is 3. The van der Waals surface area contributed by atoms with Crippen molar-refractivity contribution in [2.24, 2.45) is 5.73 Å². The Bertz CT molecular complexity index is 654. The Morgan fingerprint density at radius 1 is 1.05 bits per heavy atom. The number of para-hydroxylation sites is 2. The Hall–Kier alpha value is -1.52. The predicted octanol–water partition coefficient (Wildman–Crippen LogP) is 4.06. The lowest BCUT2D eigenvalue weighted by atomic mass is 10.1. The van der Waals surface area contributed by atoms with Crippen LogP contribution in [0, 0.1) is 0 Å². The molecule has 110 valence electrons. The Morgan fingerprint density at radius 2 is 1.76 bits per heavy atom. The highest BCUT2D eigenvalue weighted by Gasteiger charge is 2.22. The number of nitrogens with zero attached hydrogens (tertiary/aromatic N) is 2. The summed E-state index contributed by atoms with van der Waals surface area (Å²) in [6.07, 6.45) is 0. The van der Waals surface area contributed by atoms with E-state index in [0.717, 1.165) is 23.1 Å². The summed E-state index contributed by atoms with van der Waals surface area (Å²) in [6.45, 7) is 3.99. The van der Waals surface area contributed by atoms with Crippen LogP contribution < -0.4 is 15.5 Å². The number of likely N-dealkylation sites (N-methyl/N-ethyl adjacent to an activating group) is 1. The first-order chi connectivity index (χ1) is 10.1. The van der Waals surface area contributed by atoms with Gasteiger partial charge in [-0.15, -0.1) is 0 Å². The number of fused-ring (bicyclic) bond motifs is 1. The summed E-state index contributed by atoms with van der Waals surface area (Å²) in [5, 5.41) is 0. The van der Waals surface area contributed by atoms with Crippen LogP contribution in [-0.4, -0.2) is 20.1 Å². The molecule has 0 bridgehead atoms. The average Bonchev–Trinajstić information content (AvgIpc) is 2.48. The Labute approximate surface area is 134 Å². The van der Waals surface area contributed by atoms with Gasteiger partial charge < -0.3 is 15.5 Å². The third-order valence-corrected chi connectivity index (χ3v) is 4.67. The number of rotatable bonds is 2. The Kier molecular flexibility index (Phi) is 3.91. The second-order valence-corrected chi connectivity index (χ2v) is 6.42. The molecule has 3 rings (SSSR count). The third kappa shape index (κ3) is 2.65. The zero-order chi connectivity index (χ0) is 15.0. The standard InChI is InChI=1S/C17H20BrN3/c1-12(19)13-7-8-15(14(18)11-13)21-10-9-20(2)16-5-3-4-6-17(16)21/h3-8,11-12H,9-10,19H2,1-2H3/t12-/m1/s1. The lowest BCUT2D eigenvalue weighted by Gasteiger charge is -2.37. The van der Waals surface area contributed by atoms with Gasteiger partial charge in [-0.3, -0.25) is 0 Å². The number of anilines is 3. The Balaban J connectivity index is 2.04. The van der Waals surface area contributed by atoms with Crippen molar-refractivity contribution in [2.45, 2.75) is 13.0 Å². The highest BCUT2D eigenvalue weighted by Crippen LogP contribution is 2.40. The van der Waals surface area contributed by atoms with Crippen molar-refractivity contribution in [3.8, 4) is 0 Å². The normalized spacial score (nSPS) is 15.8. The van der Waals surface area contributed by atoms with Gasteiger partial charge >= 0.3 is 0 Å². The maximum atomic E-state index is 5.96. The predicted molar refractivity (Wildman–Crippen MR) is 93.5 cm³/mol. The van der Waals surface area contributed by atoms with Crippen LogP contribution in [0.15, 0.2) is 46.9 Å². The van der Waals surface area contributed by atoms with Crippen molar-refractivity contribution in [1.29, 1.82) is 0 Å². The van der Waals surface area contributed by atoms with Crippen LogP contribution in [-0.2, 0) is 0 Å². The van der Waals surface area contributed by atoms with Gasteiger partial charge in [-0.25, -0.2) is 0 Å². The second kappa shape index (κ2) is 5.70. The molecule has 1 aliphatic heterocycles. The van der Waals surface area contributed by atoms with Crippen LogP contribution in [0.5, 0.6) is 0 Å². The summed E-state index contributed by atoms with van der Waals surface area (Å²) >= 11 is 3.71. The molecule has 21 heavy (non-hydrogen) atoms. The topological polar surface area (TPSA) is 32.5 Å². The highest BCUT2D eigenvalue weighted by molar-refractivity contribution is 9.10. The van der Waals surface area contributed by atoms with Crippen LogP contribution in [0.2, 0.25) is 0 Å². The number of benzene rings is 2. The van der Waals surface area contributed by atoms with E-state index in [1.165, 1.54) is 17.1 Å². The minimum absolute atomic E-state index is 0.0510. The van der Waals surface area contributed by atoms with Gasteiger partial charge in [0, 0.05) is 30.7 Å². The molecular weight excluding hydrogens is 326 g/mol. The van der Waals surface area contributed by atoms with Gasteiger partial charge in [-0.2, -0.15) is 0 Å². The second-order valence-electron chi connectivity index (χ2n) is 5.56. The average molecular weight is 346 g/mol. The maximum Gasteiger partial charge on any atom is 0.0649 e. The summed E-state index contributed by atoms with van der Waals surface area (Å²) < 4.78 is 1.09. The first-order valence-electron chi connectivity index (χ1n) is 7.20. The molecule has 0 aromatic heterocycles. The SMILES string of the molecule is C[C@@H](N)c1ccc(N2CCN(C)c3ccccc32)c(Br)c1. The van der Waals surface area contributed by atoms with Crippen molar-refractivity contribution in [1.82, 2.24) is 0 Å². The van der Waals surface area contributed by atoms with Crippen LogP contribution in [0.1, 0.15) is 18.5 Å². The van der Waals surface area contributed by atoms with E-state index in [1.807, 2.05) is 6.92 Å². The highest BCUT2D eigenvalue weighted by atomic mass is 79.9. The minimum Gasteiger partial charge on any atom is -0.371 e. The van der Waals surface area contributed by atoms with Gasteiger partial charge in [0.2, 0.25) is 0 Å². The molecule has 2 aromatic rings. The van der Waals surface area contributed by atoms with Gasteiger partial charge in [-0.1, -0.05) is 18.2 Å². The summed E-state index contributed by atoms with van der Waals surface area (Å²) in [6, 6.07) is 15.0. The molecule has 0 spiro atoms. The fourth-order valence-corrected chi connectivity index (χ4v) is 3.39. The molecule has 0 saturated heterocycles. The molecule has 2 N–H and O–H groups in total. The fourth-order valence-electron chi connectivity index (χ4n) is 2.78. The number of hydrogen-bond donors (Lipinski definition) is 1. The van der Waals surface area contributed by atoms with E-state index < -0.39 is 0 Å². The molecule has 4 heteroatoms. The smallest absolute Gasteiger partial charge is 0.0649 e. The van der Waals surface area contributed by atoms with Gasteiger partial charge in [0.15, 0.2) is 0 Å². The number of nitrogens with two attached hydrogens (primary N) is 1. The van der Waals surface area contributed by atoms with E-state index in [4.69, 9.17) is 5.73 Å². The summed E-state index contributed by atoms with van der Waals surface area (Å²) in [5.74, 6) is 0. The summed E-state index contributed by atoms with van der Waals surface area (Å²) in [4.78, 5) is 4.67. The van der Waals surface area contributed by atoms with E-state index in [-0.39, 0.29) is 6.04 Å². The first-order valence-corrected chi connectivity index (χ1v) is 8.00. The first kappa shape index (κ1) is 14.4. The van der Waals surface area contributed by atoms with Crippen molar-refractivity contribution < 1.29 is 0 Å². The molecule has 0 radical (unpaired) electrons. The number of halogens is 1. The summed E-state index contributed by atoms with van der Waals surface area (Å²) in [7, 11) is 2.14. The molecule has 0 unspecified atom stereocenters. The lowest BCUT2D eigenvalue weighted by molar-refractivity contribution is 0.809. The molecule has 1 atom stereocenters. The monoisotopic (exact) mass is 345 g/mol. The molecule has 0 fully saturated rings. The minimum atomic E-state index is 0.0510. The summed E-state index contributed by atoms with van der Waals surface area (Å²) in [5.41, 5.74) is 10.8. The van der Waals surface area contributed by atoms with Crippen LogP contribution in [0.4, 0.5) is 17.1 Å². The molecule has 0 aliphatic carbocycles. The quantitative estimate of drug-likeness (QED) is 0.890. The zero-order valence-electron chi connectivity index (χ0n) is 12.4. The van der Waals surface area contributed by atoms with Crippen LogP contribution in [0.25, 0.3) is 0 Å². The fraction of sp³-hybridized carbons (Fsp3) is 0.294.